The highest BCUT2D eigenvalue weighted by molar-refractivity contribution is 6.35. The van der Waals surface area contributed by atoms with Crippen LogP contribution in [0.1, 0.15) is 24.1 Å². The van der Waals surface area contributed by atoms with Crippen molar-refractivity contribution in [2.75, 3.05) is 86.5 Å². The van der Waals surface area contributed by atoms with Crippen LogP contribution in [0, 0.1) is 0 Å². The minimum Gasteiger partial charge on any atom is -0.497 e. The monoisotopic (exact) mass is 726 g/mol. The normalized spacial score (nSPS) is 15.1. The first-order valence-corrected chi connectivity index (χ1v) is 17.3. The Morgan fingerprint density at radius 2 is 1.83 bits per heavy atom. The number of carbonyl (C=O) groups is 2. The molecule has 1 unspecified atom stereocenters. The Bertz CT molecular complexity index is 1930. The van der Waals surface area contributed by atoms with Crippen LogP contribution >= 0.6 is 11.6 Å². The van der Waals surface area contributed by atoms with Gasteiger partial charge in [-0.1, -0.05) is 29.8 Å². The van der Waals surface area contributed by atoms with Crippen molar-refractivity contribution in [3.8, 4) is 11.5 Å². The molecule has 14 heteroatoms. The second-order valence-corrected chi connectivity index (χ2v) is 13.0. The zero-order chi connectivity index (χ0) is 36.8. The van der Waals surface area contributed by atoms with Gasteiger partial charge in [-0.05, 0) is 63.0 Å². The first-order valence-electron chi connectivity index (χ1n) is 16.9. The summed E-state index contributed by atoms with van der Waals surface area (Å²) in [6.07, 6.45) is 5.02. The predicted octanol–water partition coefficient (Wildman–Crippen LogP) is 6.49. The topological polar surface area (TPSA) is 125 Å². The SMILES string of the molecule is COc1cc(OC)c(Cl)c(N2Cc3cnc(Nc4ccc(N5CCOCC5)cc4)nc3N(C(C)c3cccc(NC(=O)/C=C/CN(C)C)c3)C2=O)c1. The number of carbonyl (C=O) groups excluding carboxylic acids is 2. The first kappa shape index (κ1) is 36.4. The van der Waals surface area contributed by atoms with Gasteiger partial charge in [0.05, 0.1) is 45.7 Å². The number of benzene rings is 3. The second-order valence-electron chi connectivity index (χ2n) is 12.7. The number of likely N-dealkylation sites (N-methyl/N-ethyl adjacent to an activating group) is 1. The Morgan fingerprint density at radius 1 is 1.06 bits per heavy atom. The van der Waals surface area contributed by atoms with Crippen molar-refractivity contribution in [2.45, 2.75) is 19.5 Å². The standard InChI is InChI=1S/C38H43ClN8O5/c1-25(26-8-6-9-29(20-26)41-34(48)10-7-15-44(2)3)47-36-27(24-46(38(47)49)32-21-31(50-4)22-33(51-5)35(32)39)23-40-37(43-36)42-28-11-13-30(14-12-28)45-16-18-52-19-17-45/h6-14,20-23,25H,15-19,24H2,1-5H3,(H,41,48)(H,40,42,43)/b10-7+. The van der Waals surface area contributed by atoms with Gasteiger partial charge in [-0.2, -0.15) is 4.98 Å². The summed E-state index contributed by atoms with van der Waals surface area (Å²) in [4.78, 5) is 44.3. The van der Waals surface area contributed by atoms with Gasteiger partial charge in [0.1, 0.15) is 22.3 Å². The van der Waals surface area contributed by atoms with E-state index in [1.165, 1.54) is 20.3 Å². The van der Waals surface area contributed by atoms with Gasteiger partial charge in [-0.15, -0.1) is 0 Å². The molecule has 13 nitrogen and oxygen atoms in total. The van der Waals surface area contributed by atoms with E-state index >= 15 is 0 Å². The molecule has 3 amide bonds. The summed E-state index contributed by atoms with van der Waals surface area (Å²) < 4.78 is 16.5. The molecule has 1 fully saturated rings. The first-order chi connectivity index (χ1) is 25.1. The number of methoxy groups -OCH3 is 2. The van der Waals surface area contributed by atoms with Gasteiger partial charge < -0.3 is 34.6 Å². The molecule has 1 atom stereocenters. The lowest BCUT2D eigenvalue weighted by Gasteiger charge is -2.39. The van der Waals surface area contributed by atoms with Crippen LogP contribution in [0.4, 0.5) is 39.3 Å². The number of aromatic nitrogens is 2. The Balaban J connectivity index is 1.34. The van der Waals surface area contributed by atoms with Crippen molar-refractivity contribution < 1.29 is 23.8 Å². The number of amides is 3. The van der Waals surface area contributed by atoms with Crippen molar-refractivity contribution in [3.05, 3.63) is 95.2 Å². The minimum absolute atomic E-state index is 0.150. The quantitative estimate of drug-likeness (QED) is 0.157. The molecule has 272 valence electrons. The van der Waals surface area contributed by atoms with Gasteiger partial charge in [0.15, 0.2) is 0 Å². The van der Waals surface area contributed by atoms with Crippen LogP contribution in [0.3, 0.4) is 0 Å². The third-order valence-electron chi connectivity index (χ3n) is 8.84. The number of nitrogens with one attached hydrogen (secondary N) is 2. The van der Waals surface area contributed by atoms with E-state index in [1.54, 1.807) is 34.2 Å². The van der Waals surface area contributed by atoms with E-state index in [9.17, 15) is 9.59 Å². The van der Waals surface area contributed by atoms with E-state index in [1.807, 2.05) is 62.3 Å². The van der Waals surface area contributed by atoms with E-state index in [0.29, 0.717) is 60.0 Å². The van der Waals surface area contributed by atoms with Crippen LogP contribution < -0.4 is 34.8 Å². The molecular weight excluding hydrogens is 684 g/mol. The lowest BCUT2D eigenvalue weighted by molar-refractivity contribution is -0.111. The predicted molar refractivity (Wildman–Crippen MR) is 205 cm³/mol. The maximum Gasteiger partial charge on any atom is 0.331 e. The highest BCUT2D eigenvalue weighted by Gasteiger charge is 2.38. The van der Waals surface area contributed by atoms with E-state index in [-0.39, 0.29) is 23.5 Å². The molecule has 2 aliphatic rings. The van der Waals surface area contributed by atoms with Gasteiger partial charge in [0.2, 0.25) is 11.9 Å². The van der Waals surface area contributed by atoms with Gasteiger partial charge in [0.25, 0.3) is 0 Å². The highest BCUT2D eigenvalue weighted by atomic mass is 35.5. The van der Waals surface area contributed by atoms with Crippen molar-refractivity contribution in [3.63, 3.8) is 0 Å². The molecule has 0 bridgehead atoms. The van der Waals surface area contributed by atoms with E-state index in [4.69, 9.17) is 30.8 Å². The number of fused-ring (bicyclic) bond motifs is 1. The fourth-order valence-corrected chi connectivity index (χ4v) is 6.37. The smallest absolute Gasteiger partial charge is 0.331 e. The Kier molecular flexibility index (Phi) is 11.4. The molecule has 4 aromatic rings. The van der Waals surface area contributed by atoms with Crippen LogP contribution in [0.2, 0.25) is 5.02 Å². The second kappa shape index (κ2) is 16.3. The Morgan fingerprint density at radius 3 is 2.54 bits per heavy atom. The number of morpholine rings is 1. The lowest BCUT2D eigenvalue weighted by atomic mass is 10.0. The molecule has 6 rings (SSSR count). The third kappa shape index (κ3) is 8.23. The summed E-state index contributed by atoms with van der Waals surface area (Å²) in [6.45, 7) is 5.80. The van der Waals surface area contributed by atoms with Crippen LogP contribution in [0.5, 0.6) is 11.5 Å². The molecule has 3 heterocycles. The molecule has 1 saturated heterocycles. The zero-order valence-electron chi connectivity index (χ0n) is 29.9. The number of hydrogen-bond acceptors (Lipinski definition) is 10. The summed E-state index contributed by atoms with van der Waals surface area (Å²) in [5.74, 6) is 1.38. The van der Waals surface area contributed by atoms with Gasteiger partial charge >= 0.3 is 6.03 Å². The number of ether oxygens (including phenoxy) is 3. The number of nitrogens with zero attached hydrogens (tertiary/aromatic N) is 6. The lowest BCUT2D eigenvalue weighted by Crippen LogP contribution is -2.49. The number of anilines is 6. The molecule has 0 aliphatic carbocycles. The number of halogens is 1. The summed E-state index contributed by atoms with van der Waals surface area (Å²) in [5, 5.41) is 6.49. The largest absolute Gasteiger partial charge is 0.497 e. The molecule has 1 aromatic heterocycles. The zero-order valence-corrected chi connectivity index (χ0v) is 30.7. The third-order valence-corrected chi connectivity index (χ3v) is 9.22. The Hall–Kier alpha value is -5.37. The molecule has 2 aliphatic heterocycles. The number of urea groups is 1. The molecule has 52 heavy (non-hydrogen) atoms. The maximum absolute atomic E-state index is 14.7. The summed E-state index contributed by atoms with van der Waals surface area (Å²) >= 11 is 6.81. The average Bonchev–Trinajstić information content (AvgIpc) is 3.15. The molecule has 0 radical (unpaired) electrons. The van der Waals surface area contributed by atoms with Crippen LogP contribution in [-0.2, 0) is 16.1 Å². The number of hydrogen-bond donors (Lipinski definition) is 2. The Labute approximate surface area is 308 Å². The summed E-state index contributed by atoms with van der Waals surface area (Å²) in [7, 11) is 6.91. The van der Waals surface area contributed by atoms with Crippen molar-refractivity contribution in [1.82, 2.24) is 14.9 Å². The highest BCUT2D eigenvalue weighted by Crippen LogP contribution is 2.43. The molecule has 3 aromatic carbocycles. The van der Waals surface area contributed by atoms with E-state index < -0.39 is 6.04 Å². The summed E-state index contributed by atoms with van der Waals surface area (Å²) in [6, 6.07) is 18.0. The van der Waals surface area contributed by atoms with Crippen molar-refractivity contribution in [1.29, 1.82) is 0 Å². The van der Waals surface area contributed by atoms with Gasteiger partial charge in [-0.3, -0.25) is 14.6 Å². The van der Waals surface area contributed by atoms with Crippen LogP contribution in [0.25, 0.3) is 0 Å². The van der Waals surface area contributed by atoms with Crippen LogP contribution in [-0.4, -0.2) is 88.0 Å². The molecule has 0 saturated carbocycles. The molecule has 0 spiro atoms. The number of rotatable bonds is 12. The molecular formula is C38H43ClN8O5. The van der Waals surface area contributed by atoms with Gasteiger partial charge in [0, 0.05) is 66.7 Å². The fraction of sp³-hybridized carbons (Fsp3) is 0.316. The maximum atomic E-state index is 14.7. The van der Waals surface area contributed by atoms with Crippen LogP contribution in [0.15, 0.2) is 79.0 Å². The van der Waals surface area contributed by atoms with Crippen molar-refractivity contribution in [2.24, 2.45) is 0 Å². The fourth-order valence-electron chi connectivity index (χ4n) is 6.08. The molecule has 2 N–H and O–H groups in total. The average molecular weight is 727 g/mol. The summed E-state index contributed by atoms with van der Waals surface area (Å²) in [5.41, 5.74) is 4.40. The van der Waals surface area contributed by atoms with Crippen molar-refractivity contribution >= 4 is 58.1 Å². The minimum atomic E-state index is -0.531. The van der Waals surface area contributed by atoms with Gasteiger partial charge in [-0.25, -0.2) is 9.78 Å². The van der Waals surface area contributed by atoms with E-state index in [0.717, 1.165) is 30.0 Å². The van der Waals surface area contributed by atoms with E-state index in [2.05, 4.69) is 32.7 Å².